The van der Waals surface area contributed by atoms with Gasteiger partial charge in [-0.05, 0) is 30.5 Å². The average molecular weight is 292 g/mol. The number of hydrogen-bond acceptors (Lipinski definition) is 4. The van der Waals surface area contributed by atoms with E-state index in [-0.39, 0.29) is 6.17 Å². The van der Waals surface area contributed by atoms with Crippen molar-refractivity contribution in [3.8, 4) is 0 Å². The van der Waals surface area contributed by atoms with Gasteiger partial charge in [0.1, 0.15) is 6.17 Å². The van der Waals surface area contributed by atoms with Gasteiger partial charge in [-0.3, -0.25) is 9.69 Å². The molecule has 2 atom stereocenters. The van der Waals surface area contributed by atoms with Gasteiger partial charge in [0.15, 0.2) is 12.1 Å². The lowest BCUT2D eigenvalue weighted by molar-refractivity contribution is -0.102. The number of carbonyl (C=O) groups is 1. The highest BCUT2D eigenvalue weighted by Gasteiger charge is 2.32. The van der Waals surface area contributed by atoms with Crippen molar-refractivity contribution in [3.63, 3.8) is 0 Å². The number of aldehydes is 1. The predicted molar refractivity (Wildman–Crippen MR) is 80.0 cm³/mol. The first-order valence-corrected chi connectivity index (χ1v) is 7.44. The van der Waals surface area contributed by atoms with Gasteiger partial charge in [-0.1, -0.05) is 30.2 Å². The van der Waals surface area contributed by atoms with Gasteiger partial charge >= 0.3 is 0 Å². The molecule has 0 radical (unpaired) electrons. The van der Waals surface area contributed by atoms with Crippen LogP contribution in [0.4, 0.5) is 0 Å². The summed E-state index contributed by atoms with van der Waals surface area (Å²) >= 11 is 5.97. The van der Waals surface area contributed by atoms with Gasteiger partial charge < -0.3 is 5.32 Å². The largest absolute Gasteiger partial charge is 0.364 e. The summed E-state index contributed by atoms with van der Waals surface area (Å²) in [7, 11) is 0. The quantitative estimate of drug-likeness (QED) is 0.870. The van der Waals surface area contributed by atoms with Crippen LogP contribution >= 0.6 is 11.6 Å². The van der Waals surface area contributed by atoms with Crippen molar-refractivity contribution in [1.82, 2.24) is 10.2 Å². The van der Waals surface area contributed by atoms with E-state index in [4.69, 9.17) is 11.6 Å². The molecule has 2 unspecified atom stereocenters. The first kappa shape index (κ1) is 13.6. The zero-order valence-electron chi connectivity index (χ0n) is 11.3. The molecule has 106 valence electrons. The Morgan fingerprint density at radius 3 is 2.80 bits per heavy atom. The summed E-state index contributed by atoms with van der Waals surface area (Å²) in [6.07, 6.45) is 4.41. The number of likely N-dealkylation sites (tertiary alicyclic amines) is 1. The standard InChI is InChI=1S/C15H18ClN3O/c16-12-6-4-11(5-7-12)13-3-1-2-8-19(13)15-9-17-14(10-20)18-15/h4-7,10,13,15H,1-3,8-9H2,(H,17,18). The Morgan fingerprint density at radius 2 is 2.10 bits per heavy atom. The Balaban J connectivity index is 1.82. The van der Waals surface area contributed by atoms with Crippen molar-refractivity contribution in [1.29, 1.82) is 0 Å². The van der Waals surface area contributed by atoms with E-state index in [9.17, 15) is 4.79 Å². The summed E-state index contributed by atoms with van der Waals surface area (Å²) in [6.45, 7) is 1.74. The summed E-state index contributed by atoms with van der Waals surface area (Å²) in [4.78, 5) is 17.7. The minimum Gasteiger partial charge on any atom is -0.364 e. The fourth-order valence-corrected chi connectivity index (χ4v) is 3.19. The summed E-state index contributed by atoms with van der Waals surface area (Å²) in [5, 5.41) is 3.82. The molecule has 0 aromatic heterocycles. The smallest absolute Gasteiger partial charge is 0.184 e. The molecule has 0 spiro atoms. The minimum absolute atomic E-state index is 0.0659. The Bertz CT molecular complexity index is 514. The van der Waals surface area contributed by atoms with E-state index in [2.05, 4.69) is 27.3 Å². The van der Waals surface area contributed by atoms with E-state index >= 15 is 0 Å². The van der Waals surface area contributed by atoms with Gasteiger partial charge in [0.2, 0.25) is 0 Å². The number of nitrogens with zero attached hydrogens (tertiary/aromatic N) is 2. The maximum atomic E-state index is 10.8. The molecule has 1 fully saturated rings. The van der Waals surface area contributed by atoms with E-state index in [0.717, 1.165) is 30.8 Å². The van der Waals surface area contributed by atoms with Crippen LogP contribution in [0.15, 0.2) is 29.3 Å². The molecular weight excluding hydrogens is 274 g/mol. The molecule has 2 heterocycles. The fraction of sp³-hybridized carbons (Fsp3) is 0.467. The van der Waals surface area contributed by atoms with Crippen LogP contribution in [0.1, 0.15) is 30.9 Å². The lowest BCUT2D eigenvalue weighted by atomic mass is 9.95. The number of nitrogens with one attached hydrogen (secondary N) is 1. The second-order valence-electron chi connectivity index (χ2n) is 5.29. The monoisotopic (exact) mass is 291 g/mol. The molecule has 1 aromatic carbocycles. The number of piperidine rings is 1. The van der Waals surface area contributed by atoms with Gasteiger partial charge in [-0.2, -0.15) is 0 Å². The van der Waals surface area contributed by atoms with E-state index < -0.39 is 0 Å². The second kappa shape index (κ2) is 5.94. The zero-order chi connectivity index (χ0) is 13.9. The van der Waals surface area contributed by atoms with Crippen LogP contribution in [0.5, 0.6) is 0 Å². The Hall–Kier alpha value is -1.39. The average Bonchev–Trinajstić information content (AvgIpc) is 2.97. The Labute approximate surface area is 123 Å². The minimum atomic E-state index is 0.0659. The number of hydrogen-bond donors (Lipinski definition) is 1. The van der Waals surface area contributed by atoms with Gasteiger partial charge in [0.25, 0.3) is 0 Å². The first-order chi connectivity index (χ1) is 9.78. The van der Waals surface area contributed by atoms with Crippen LogP contribution < -0.4 is 5.32 Å². The summed E-state index contributed by atoms with van der Waals surface area (Å²) in [5.41, 5.74) is 1.28. The summed E-state index contributed by atoms with van der Waals surface area (Å²) < 4.78 is 0. The predicted octanol–water partition coefficient (Wildman–Crippen LogP) is 2.39. The maximum Gasteiger partial charge on any atom is 0.184 e. The Kier molecular flexibility index (Phi) is 4.03. The molecule has 2 aliphatic rings. The van der Waals surface area contributed by atoms with Crippen LogP contribution in [0.25, 0.3) is 0 Å². The second-order valence-corrected chi connectivity index (χ2v) is 5.73. The van der Waals surface area contributed by atoms with Crippen molar-refractivity contribution < 1.29 is 4.79 Å². The molecule has 2 aliphatic heterocycles. The molecule has 4 nitrogen and oxygen atoms in total. The maximum absolute atomic E-state index is 10.8. The van der Waals surface area contributed by atoms with Crippen LogP contribution in [-0.2, 0) is 4.79 Å². The first-order valence-electron chi connectivity index (χ1n) is 7.06. The highest BCUT2D eigenvalue weighted by molar-refractivity contribution is 6.30. The highest BCUT2D eigenvalue weighted by Crippen LogP contribution is 2.33. The van der Waals surface area contributed by atoms with Crippen molar-refractivity contribution in [2.45, 2.75) is 31.5 Å². The SMILES string of the molecule is O=CC1=NC(N2CCCCC2c2ccc(Cl)cc2)CN1. The number of carbonyl (C=O) groups excluding carboxylic acids is 1. The fourth-order valence-electron chi connectivity index (χ4n) is 3.06. The molecule has 0 aliphatic carbocycles. The molecule has 5 heteroatoms. The lowest BCUT2D eigenvalue weighted by Crippen LogP contribution is -2.42. The molecule has 1 aromatic rings. The van der Waals surface area contributed by atoms with Crippen molar-refractivity contribution in [3.05, 3.63) is 34.9 Å². The van der Waals surface area contributed by atoms with E-state index in [1.807, 2.05) is 12.1 Å². The molecule has 0 bridgehead atoms. The molecule has 1 saturated heterocycles. The van der Waals surface area contributed by atoms with Gasteiger partial charge in [0, 0.05) is 17.6 Å². The molecule has 0 saturated carbocycles. The number of rotatable bonds is 3. The molecule has 0 amide bonds. The van der Waals surface area contributed by atoms with E-state index in [1.165, 1.54) is 18.4 Å². The van der Waals surface area contributed by atoms with Gasteiger partial charge in [0.05, 0.1) is 6.54 Å². The third kappa shape index (κ3) is 2.72. The molecule has 3 rings (SSSR count). The van der Waals surface area contributed by atoms with Crippen LogP contribution in [0, 0.1) is 0 Å². The lowest BCUT2D eigenvalue weighted by Gasteiger charge is -2.38. The normalized spacial score (nSPS) is 26.9. The van der Waals surface area contributed by atoms with E-state index in [0.29, 0.717) is 11.9 Å². The molecular formula is C15H18ClN3O. The van der Waals surface area contributed by atoms with Crippen LogP contribution in [-0.4, -0.2) is 36.3 Å². The Morgan fingerprint density at radius 1 is 1.30 bits per heavy atom. The highest BCUT2D eigenvalue weighted by atomic mass is 35.5. The summed E-state index contributed by atoms with van der Waals surface area (Å²) in [5.74, 6) is 0.468. The van der Waals surface area contributed by atoms with Crippen molar-refractivity contribution in [2.24, 2.45) is 4.99 Å². The van der Waals surface area contributed by atoms with Gasteiger partial charge in [-0.15, -0.1) is 0 Å². The number of amidine groups is 1. The third-order valence-corrected chi connectivity index (χ3v) is 4.30. The topological polar surface area (TPSA) is 44.7 Å². The van der Waals surface area contributed by atoms with Crippen molar-refractivity contribution >= 4 is 23.7 Å². The zero-order valence-corrected chi connectivity index (χ0v) is 12.0. The molecule has 1 N–H and O–H groups in total. The number of benzene rings is 1. The van der Waals surface area contributed by atoms with Gasteiger partial charge in [-0.25, -0.2) is 4.99 Å². The summed E-state index contributed by atoms with van der Waals surface area (Å²) in [6, 6.07) is 8.44. The van der Waals surface area contributed by atoms with Crippen molar-refractivity contribution in [2.75, 3.05) is 13.1 Å². The third-order valence-electron chi connectivity index (χ3n) is 4.05. The number of aliphatic imine (C=N–C) groups is 1. The van der Waals surface area contributed by atoms with Crippen LogP contribution in [0.3, 0.4) is 0 Å². The van der Waals surface area contributed by atoms with E-state index in [1.54, 1.807) is 0 Å². The number of halogens is 1. The van der Waals surface area contributed by atoms with Crippen LogP contribution in [0.2, 0.25) is 5.02 Å². The molecule has 20 heavy (non-hydrogen) atoms.